The van der Waals surface area contributed by atoms with Gasteiger partial charge in [0.05, 0.1) is 6.42 Å². The van der Waals surface area contributed by atoms with Gasteiger partial charge in [-0.2, -0.15) is 0 Å². The predicted octanol–water partition coefficient (Wildman–Crippen LogP) is -1.02. The number of carboxylic acids is 1. The van der Waals surface area contributed by atoms with Crippen LogP contribution in [0.2, 0.25) is 0 Å². The molecule has 1 aromatic carbocycles. The summed E-state index contributed by atoms with van der Waals surface area (Å²) in [5, 5.41) is 31.8. The fraction of sp³-hybridized carbons (Fsp3) is 0.300. The van der Waals surface area contributed by atoms with Crippen LogP contribution in [0.25, 0.3) is 0 Å². The number of nitrogens with zero attached hydrogens (tertiary/aromatic N) is 3. The van der Waals surface area contributed by atoms with E-state index in [2.05, 4.69) is 20.7 Å². The molecular weight excluding hydrogens is 514 g/mol. The fourth-order valence-electron chi connectivity index (χ4n) is 3.73. The van der Waals surface area contributed by atoms with E-state index in [9.17, 15) is 29.4 Å². The number of fused-ring (bicyclic) bond motifs is 1. The lowest BCUT2D eigenvalue weighted by atomic mass is 10.0. The number of carbonyl (C=O) groups excluding carboxylic acids is 3. The first kappa shape index (κ1) is 25.3. The predicted molar refractivity (Wildman–Crippen MR) is 127 cm³/mol. The van der Waals surface area contributed by atoms with Gasteiger partial charge in [-0.1, -0.05) is 23.0 Å². The standard InChI is InChI=1S/C20H21N7O7S2/c21-7-34-11-2-1-8(3-10(11)28)4-12(29)23-14-18(31)27-15(20(32)33)9(6-36-19(14)27)5-35-17-13(16(22)30)24-26-25-17/h1-3,14,19,28H,4-7,21H2,(H2,22,30)(H,23,29)(H,32,33)(H,24,25,26)/t14?,19-/m0/s1. The minimum atomic E-state index is -1.28. The van der Waals surface area contributed by atoms with Crippen LogP contribution >= 0.6 is 23.5 Å². The van der Waals surface area contributed by atoms with E-state index in [0.29, 0.717) is 21.9 Å². The van der Waals surface area contributed by atoms with Crippen molar-refractivity contribution in [2.45, 2.75) is 22.9 Å². The Labute approximate surface area is 211 Å². The third kappa shape index (κ3) is 4.95. The lowest BCUT2D eigenvalue weighted by Gasteiger charge is -2.49. The Balaban J connectivity index is 1.41. The number of nitrogens with one attached hydrogen (secondary N) is 2. The van der Waals surface area contributed by atoms with E-state index in [1.807, 2.05) is 0 Å². The number of benzene rings is 1. The molecule has 2 atom stereocenters. The van der Waals surface area contributed by atoms with Gasteiger partial charge in [0.2, 0.25) is 5.91 Å². The third-order valence-electron chi connectivity index (χ3n) is 5.33. The number of H-pyrrole nitrogens is 1. The van der Waals surface area contributed by atoms with E-state index < -0.39 is 35.1 Å². The summed E-state index contributed by atoms with van der Waals surface area (Å²) in [5.74, 6) is -2.61. The summed E-state index contributed by atoms with van der Waals surface area (Å²) < 4.78 is 5.05. The Morgan fingerprint density at radius 3 is 2.81 bits per heavy atom. The molecule has 190 valence electrons. The monoisotopic (exact) mass is 535 g/mol. The number of nitrogens with two attached hydrogens (primary N) is 2. The number of amides is 3. The maximum atomic E-state index is 12.8. The van der Waals surface area contributed by atoms with E-state index in [-0.39, 0.29) is 41.8 Å². The van der Waals surface area contributed by atoms with E-state index >= 15 is 0 Å². The van der Waals surface area contributed by atoms with E-state index in [0.717, 1.165) is 16.7 Å². The van der Waals surface area contributed by atoms with Crippen LogP contribution in [0.4, 0.5) is 0 Å². The number of aromatic nitrogens is 3. The Bertz CT molecular complexity index is 1260. The SMILES string of the molecule is NCOc1ccc(CC(=O)NC2C(=O)N3C(C(=O)O)=C(CSc4[nH]nnc4C(N)=O)CS[C@@H]23)cc1O. The number of carboxylic acid groups (broad SMARTS) is 1. The number of thioether (sulfide) groups is 2. The van der Waals surface area contributed by atoms with Crippen LogP contribution in [0, 0.1) is 0 Å². The third-order valence-corrected chi connectivity index (χ3v) is 7.74. The van der Waals surface area contributed by atoms with Gasteiger partial charge in [0.15, 0.2) is 17.2 Å². The Kier molecular flexibility index (Phi) is 7.37. The molecule has 14 nitrogen and oxygen atoms in total. The van der Waals surface area contributed by atoms with Gasteiger partial charge in [-0.3, -0.25) is 30.1 Å². The molecule has 0 radical (unpaired) electrons. The highest BCUT2D eigenvalue weighted by Crippen LogP contribution is 2.41. The van der Waals surface area contributed by atoms with Gasteiger partial charge >= 0.3 is 5.97 Å². The first-order valence-corrected chi connectivity index (χ1v) is 12.4. The van der Waals surface area contributed by atoms with E-state index in [4.69, 9.17) is 16.2 Å². The molecule has 2 aromatic rings. The number of carbonyl (C=O) groups is 4. The molecule has 1 fully saturated rings. The molecule has 0 spiro atoms. The summed E-state index contributed by atoms with van der Waals surface area (Å²) in [6, 6.07) is 3.54. The second-order valence-corrected chi connectivity index (χ2v) is 9.74. The second-order valence-electron chi connectivity index (χ2n) is 7.64. The molecule has 2 aliphatic rings. The van der Waals surface area contributed by atoms with Gasteiger partial charge in [-0.05, 0) is 23.3 Å². The maximum Gasteiger partial charge on any atom is 0.352 e. The number of aliphatic carboxylic acids is 1. The zero-order chi connectivity index (χ0) is 26.0. The highest BCUT2D eigenvalue weighted by molar-refractivity contribution is 8.01. The van der Waals surface area contributed by atoms with Crippen LogP contribution in [-0.4, -0.2) is 83.9 Å². The molecule has 3 heterocycles. The minimum absolute atomic E-state index is 0.0588. The minimum Gasteiger partial charge on any atom is -0.504 e. The van der Waals surface area contributed by atoms with E-state index in [1.165, 1.54) is 23.9 Å². The zero-order valence-electron chi connectivity index (χ0n) is 18.5. The first-order chi connectivity index (χ1) is 17.2. The number of ether oxygens (including phenoxy) is 1. The van der Waals surface area contributed by atoms with Gasteiger partial charge in [0.1, 0.15) is 28.9 Å². The fourth-order valence-corrected chi connectivity index (χ4v) is 6.14. The number of rotatable bonds is 10. The van der Waals surface area contributed by atoms with Gasteiger partial charge in [-0.25, -0.2) is 4.79 Å². The molecule has 8 N–H and O–H groups in total. The number of β-lactam (4-membered cyclic amide) rings is 1. The number of hydrogen-bond acceptors (Lipinski definition) is 11. The summed E-state index contributed by atoms with van der Waals surface area (Å²) in [5.41, 5.74) is 11.3. The topological polar surface area (TPSA) is 227 Å². The Hall–Kier alpha value is -3.76. The average molecular weight is 536 g/mol. The number of hydrogen-bond donors (Lipinski definition) is 6. The van der Waals surface area contributed by atoms with Crippen molar-refractivity contribution in [2.24, 2.45) is 11.5 Å². The van der Waals surface area contributed by atoms with Gasteiger partial charge in [0, 0.05) is 11.5 Å². The Morgan fingerprint density at radius 2 is 2.14 bits per heavy atom. The van der Waals surface area contributed by atoms with Crippen molar-refractivity contribution in [1.29, 1.82) is 0 Å². The highest BCUT2D eigenvalue weighted by Gasteiger charge is 2.54. The first-order valence-electron chi connectivity index (χ1n) is 10.4. The van der Waals surface area contributed by atoms with Crippen molar-refractivity contribution in [2.75, 3.05) is 18.2 Å². The molecule has 36 heavy (non-hydrogen) atoms. The molecule has 1 aromatic heterocycles. The summed E-state index contributed by atoms with van der Waals surface area (Å²) in [6.45, 7) is -0.116. The van der Waals surface area contributed by atoms with Gasteiger partial charge < -0.3 is 26.0 Å². The molecule has 3 amide bonds. The Morgan fingerprint density at radius 1 is 1.36 bits per heavy atom. The second kappa shape index (κ2) is 10.5. The quantitative estimate of drug-likeness (QED) is 0.122. The molecule has 0 bridgehead atoms. The smallest absolute Gasteiger partial charge is 0.352 e. The van der Waals surface area contributed by atoms with Crippen molar-refractivity contribution in [3.05, 3.63) is 40.7 Å². The molecule has 4 rings (SSSR count). The van der Waals surface area contributed by atoms with Crippen molar-refractivity contribution in [3.8, 4) is 11.5 Å². The van der Waals surface area contributed by atoms with Crippen LogP contribution in [0.5, 0.6) is 11.5 Å². The number of phenolic OH excluding ortho intramolecular Hbond substituents is 1. The van der Waals surface area contributed by atoms with Crippen molar-refractivity contribution < 1.29 is 34.1 Å². The highest BCUT2D eigenvalue weighted by atomic mass is 32.2. The summed E-state index contributed by atoms with van der Waals surface area (Å²) in [7, 11) is 0. The normalized spacial score (nSPS) is 18.9. The molecular formula is C20H21N7O7S2. The van der Waals surface area contributed by atoms with Crippen LogP contribution in [0.1, 0.15) is 16.1 Å². The molecule has 1 unspecified atom stereocenters. The zero-order valence-corrected chi connectivity index (χ0v) is 20.1. The molecule has 0 saturated carbocycles. The number of primary amides is 1. The van der Waals surface area contributed by atoms with Crippen LogP contribution < -0.4 is 21.5 Å². The van der Waals surface area contributed by atoms with Crippen LogP contribution in [0.3, 0.4) is 0 Å². The van der Waals surface area contributed by atoms with Gasteiger partial charge in [0.25, 0.3) is 11.8 Å². The van der Waals surface area contributed by atoms with Crippen LogP contribution in [0.15, 0.2) is 34.5 Å². The molecule has 1 saturated heterocycles. The number of aromatic amines is 1. The summed E-state index contributed by atoms with van der Waals surface area (Å²) in [6.07, 6.45) is -0.110. The molecule has 2 aliphatic heterocycles. The van der Waals surface area contributed by atoms with Crippen molar-refractivity contribution >= 4 is 47.2 Å². The average Bonchev–Trinajstić information content (AvgIpc) is 3.31. The van der Waals surface area contributed by atoms with Crippen molar-refractivity contribution in [1.82, 2.24) is 25.6 Å². The largest absolute Gasteiger partial charge is 0.504 e. The number of phenols is 1. The lowest BCUT2D eigenvalue weighted by Crippen LogP contribution is -2.70. The summed E-state index contributed by atoms with van der Waals surface area (Å²) >= 11 is 2.41. The summed E-state index contributed by atoms with van der Waals surface area (Å²) in [4.78, 5) is 50.0. The van der Waals surface area contributed by atoms with Crippen molar-refractivity contribution in [3.63, 3.8) is 0 Å². The molecule has 0 aliphatic carbocycles. The lowest BCUT2D eigenvalue weighted by molar-refractivity contribution is -0.150. The van der Waals surface area contributed by atoms with E-state index in [1.54, 1.807) is 6.07 Å². The maximum absolute atomic E-state index is 12.8. The van der Waals surface area contributed by atoms with Gasteiger partial charge in [-0.15, -0.1) is 16.9 Å². The van der Waals surface area contributed by atoms with Crippen LogP contribution in [-0.2, 0) is 20.8 Å². The molecule has 16 heteroatoms. The number of aromatic hydroxyl groups is 1.